The van der Waals surface area contributed by atoms with Gasteiger partial charge in [-0.05, 0) is 28.7 Å². The molecule has 0 N–H and O–H groups in total. The lowest BCUT2D eigenvalue weighted by Crippen LogP contribution is -2.07. The molecule has 144 valence electrons. The van der Waals surface area contributed by atoms with Crippen LogP contribution in [0.2, 0.25) is 0 Å². The van der Waals surface area contributed by atoms with Crippen LogP contribution in [0.4, 0.5) is 0 Å². The van der Waals surface area contributed by atoms with Crippen LogP contribution in [0.3, 0.4) is 0 Å². The zero-order chi connectivity index (χ0) is 20.2. The Bertz CT molecular complexity index is 1150. The monoisotopic (exact) mass is 377 g/mol. The van der Waals surface area contributed by atoms with Gasteiger partial charge in [-0.25, -0.2) is 0 Å². The predicted octanol–water partition coefficient (Wildman–Crippen LogP) is 7.54. The van der Waals surface area contributed by atoms with Gasteiger partial charge in [0.05, 0.1) is 0 Å². The molecule has 4 rings (SSSR count). The van der Waals surface area contributed by atoms with Crippen molar-refractivity contribution in [1.82, 2.24) is 4.57 Å². The Balaban J connectivity index is 1.84. The molecule has 0 bridgehead atoms. The maximum absolute atomic E-state index is 4.45. The van der Waals surface area contributed by atoms with Crippen molar-refractivity contribution in [2.45, 2.75) is 26.3 Å². The summed E-state index contributed by atoms with van der Waals surface area (Å²) in [6, 6.07) is 29.8. The normalized spacial score (nSPS) is 11.6. The number of rotatable bonds is 6. The lowest BCUT2D eigenvalue weighted by atomic mass is 9.97. The Morgan fingerprint density at radius 2 is 1.48 bits per heavy atom. The molecular weight excluding hydrogens is 350 g/mol. The molecule has 1 heteroatoms. The van der Waals surface area contributed by atoms with E-state index in [0.29, 0.717) is 5.92 Å². The van der Waals surface area contributed by atoms with Gasteiger partial charge in [0.15, 0.2) is 0 Å². The quantitative estimate of drug-likeness (QED) is 0.306. The van der Waals surface area contributed by atoms with Crippen molar-refractivity contribution in [2.75, 3.05) is 0 Å². The molecule has 0 spiro atoms. The van der Waals surface area contributed by atoms with E-state index < -0.39 is 0 Å². The topological polar surface area (TPSA) is 4.93 Å². The first-order chi connectivity index (χ1) is 14.1. The summed E-state index contributed by atoms with van der Waals surface area (Å²) in [6.45, 7) is 9.86. The summed E-state index contributed by atoms with van der Waals surface area (Å²) >= 11 is 0. The molecular formula is C28H27N. The minimum atomic E-state index is 0.392. The molecule has 0 saturated heterocycles. The molecule has 29 heavy (non-hydrogen) atoms. The number of allylic oxidation sites excluding steroid dienone is 2. The number of aromatic nitrogens is 1. The fraction of sp³-hybridized carbons (Fsp3) is 0.143. The van der Waals surface area contributed by atoms with Gasteiger partial charge in [0.1, 0.15) is 0 Å². The summed E-state index contributed by atoms with van der Waals surface area (Å²) in [4.78, 5) is 0. The first-order valence-electron chi connectivity index (χ1n) is 10.2. The van der Waals surface area contributed by atoms with Crippen molar-refractivity contribution in [3.8, 4) is 0 Å². The second kappa shape index (κ2) is 8.36. The Kier molecular flexibility index (Phi) is 5.48. The minimum absolute atomic E-state index is 0.392. The van der Waals surface area contributed by atoms with E-state index in [1.807, 2.05) is 6.07 Å². The lowest BCUT2D eigenvalue weighted by Gasteiger charge is -2.16. The average molecular weight is 378 g/mol. The van der Waals surface area contributed by atoms with Crippen LogP contribution in [0, 0.1) is 0 Å². The van der Waals surface area contributed by atoms with Crippen molar-refractivity contribution in [2.24, 2.45) is 0 Å². The summed E-state index contributed by atoms with van der Waals surface area (Å²) in [6.07, 6.45) is 4.30. The van der Waals surface area contributed by atoms with Crippen LogP contribution in [0.25, 0.3) is 22.6 Å². The summed E-state index contributed by atoms with van der Waals surface area (Å²) in [5.74, 6) is 0.392. The molecule has 0 saturated carbocycles. The van der Waals surface area contributed by atoms with Crippen LogP contribution in [-0.2, 0) is 6.54 Å². The van der Waals surface area contributed by atoms with Crippen LogP contribution in [0.1, 0.15) is 42.1 Å². The molecule has 0 atom stereocenters. The van der Waals surface area contributed by atoms with Crippen molar-refractivity contribution in [3.05, 3.63) is 120 Å². The van der Waals surface area contributed by atoms with Gasteiger partial charge in [0, 0.05) is 28.7 Å². The predicted molar refractivity (Wildman–Crippen MR) is 126 cm³/mol. The van der Waals surface area contributed by atoms with Gasteiger partial charge in [0.25, 0.3) is 0 Å². The maximum Gasteiger partial charge on any atom is 0.0492 e. The highest BCUT2D eigenvalue weighted by atomic mass is 15.0. The number of hydrogen-bond donors (Lipinski definition) is 0. The molecule has 0 amide bonds. The van der Waals surface area contributed by atoms with Crippen LogP contribution in [0.5, 0.6) is 0 Å². The number of hydrogen-bond acceptors (Lipinski definition) is 0. The zero-order valence-electron chi connectivity index (χ0n) is 17.2. The third kappa shape index (κ3) is 3.95. The molecule has 0 fully saturated rings. The molecule has 1 aromatic heterocycles. The summed E-state index contributed by atoms with van der Waals surface area (Å²) in [5, 5.41) is 1.27. The first-order valence-corrected chi connectivity index (χ1v) is 10.2. The molecule has 0 radical (unpaired) electrons. The van der Waals surface area contributed by atoms with E-state index in [1.165, 1.54) is 33.3 Å². The highest BCUT2D eigenvalue weighted by molar-refractivity contribution is 5.98. The van der Waals surface area contributed by atoms with Crippen molar-refractivity contribution in [1.29, 1.82) is 0 Å². The van der Waals surface area contributed by atoms with Gasteiger partial charge >= 0.3 is 0 Å². The van der Waals surface area contributed by atoms with Crippen molar-refractivity contribution in [3.63, 3.8) is 0 Å². The van der Waals surface area contributed by atoms with Crippen LogP contribution in [-0.4, -0.2) is 4.57 Å². The summed E-state index contributed by atoms with van der Waals surface area (Å²) in [5.41, 5.74) is 7.43. The van der Waals surface area contributed by atoms with Gasteiger partial charge in [-0.15, -0.1) is 0 Å². The molecule has 1 heterocycles. The molecule has 0 aliphatic carbocycles. The fourth-order valence-electron chi connectivity index (χ4n) is 4.04. The van der Waals surface area contributed by atoms with E-state index in [1.54, 1.807) is 0 Å². The standard InChI is InChI=1S/C28H27N/c1-21(2)28-27(22(3)18-19-23-12-6-4-7-13-23)25-16-10-11-17-26(25)29(28)20-24-14-8-5-9-15-24/h4-19,21H,3,20H2,1-2H3/b19-18+. The third-order valence-corrected chi connectivity index (χ3v) is 5.34. The minimum Gasteiger partial charge on any atom is -0.339 e. The van der Waals surface area contributed by atoms with Crippen LogP contribution < -0.4 is 0 Å². The lowest BCUT2D eigenvalue weighted by molar-refractivity contribution is 0.708. The highest BCUT2D eigenvalue weighted by Gasteiger charge is 2.20. The largest absolute Gasteiger partial charge is 0.339 e. The number of fused-ring (bicyclic) bond motifs is 1. The van der Waals surface area contributed by atoms with Gasteiger partial charge in [-0.3, -0.25) is 0 Å². The van der Waals surface area contributed by atoms with E-state index in [-0.39, 0.29) is 0 Å². The van der Waals surface area contributed by atoms with Gasteiger partial charge in [0.2, 0.25) is 0 Å². The van der Waals surface area contributed by atoms with Gasteiger partial charge in [-0.2, -0.15) is 0 Å². The molecule has 0 aliphatic heterocycles. The average Bonchev–Trinajstić information content (AvgIpc) is 3.08. The van der Waals surface area contributed by atoms with Gasteiger partial charge < -0.3 is 4.57 Å². The summed E-state index contributed by atoms with van der Waals surface area (Å²) < 4.78 is 2.46. The van der Waals surface area contributed by atoms with E-state index in [0.717, 1.165) is 12.1 Å². The molecule has 0 aliphatic rings. The number of nitrogens with zero attached hydrogens (tertiary/aromatic N) is 1. The van der Waals surface area contributed by atoms with Crippen molar-refractivity contribution >= 4 is 22.6 Å². The number of para-hydroxylation sites is 1. The fourth-order valence-corrected chi connectivity index (χ4v) is 4.04. The Morgan fingerprint density at radius 3 is 2.17 bits per heavy atom. The van der Waals surface area contributed by atoms with Crippen LogP contribution in [0.15, 0.2) is 97.6 Å². The second-order valence-electron chi connectivity index (χ2n) is 7.77. The van der Waals surface area contributed by atoms with Crippen LogP contribution >= 0.6 is 0 Å². The van der Waals surface area contributed by atoms with Crippen molar-refractivity contribution < 1.29 is 0 Å². The Morgan fingerprint density at radius 1 is 0.862 bits per heavy atom. The smallest absolute Gasteiger partial charge is 0.0492 e. The SMILES string of the molecule is C=C(/C=C/c1ccccc1)c1c(C(C)C)n(Cc2ccccc2)c2ccccc12. The van der Waals surface area contributed by atoms with E-state index in [2.05, 4.69) is 116 Å². The maximum atomic E-state index is 4.45. The van der Waals surface area contributed by atoms with E-state index in [9.17, 15) is 0 Å². The van der Waals surface area contributed by atoms with E-state index >= 15 is 0 Å². The number of benzene rings is 3. The molecule has 0 unspecified atom stereocenters. The second-order valence-corrected chi connectivity index (χ2v) is 7.77. The third-order valence-electron chi connectivity index (χ3n) is 5.34. The molecule has 1 nitrogen and oxygen atoms in total. The van der Waals surface area contributed by atoms with Gasteiger partial charge in [-0.1, -0.05) is 111 Å². The Hall–Kier alpha value is -3.32. The zero-order valence-corrected chi connectivity index (χ0v) is 17.2. The van der Waals surface area contributed by atoms with E-state index in [4.69, 9.17) is 0 Å². The Labute approximate surface area is 173 Å². The molecule has 4 aromatic rings. The highest BCUT2D eigenvalue weighted by Crippen LogP contribution is 2.36. The molecule has 3 aromatic carbocycles. The summed E-state index contributed by atoms with van der Waals surface area (Å²) in [7, 11) is 0. The first kappa shape index (κ1) is 19.0.